The van der Waals surface area contributed by atoms with Gasteiger partial charge in [-0.15, -0.1) is 11.3 Å². The number of methoxy groups -OCH3 is 2. The Bertz CT molecular complexity index is 799. The zero-order valence-corrected chi connectivity index (χ0v) is 13.3. The van der Waals surface area contributed by atoms with E-state index in [2.05, 4.69) is 0 Å². The van der Waals surface area contributed by atoms with E-state index in [4.69, 9.17) is 14.6 Å². The highest BCUT2D eigenvalue weighted by Crippen LogP contribution is 2.43. The van der Waals surface area contributed by atoms with Crippen LogP contribution in [0, 0.1) is 0 Å². The lowest BCUT2D eigenvalue weighted by Crippen LogP contribution is -2.43. The van der Waals surface area contributed by atoms with Crippen molar-refractivity contribution in [3.05, 3.63) is 22.6 Å². The summed E-state index contributed by atoms with van der Waals surface area (Å²) in [7, 11) is 3.07. The van der Waals surface area contributed by atoms with E-state index in [-0.39, 0.29) is 12.5 Å². The Labute approximate surface area is 135 Å². The van der Waals surface area contributed by atoms with Crippen molar-refractivity contribution in [1.29, 1.82) is 0 Å². The van der Waals surface area contributed by atoms with Gasteiger partial charge >= 0.3 is 5.97 Å². The molecule has 0 bridgehead atoms. The van der Waals surface area contributed by atoms with E-state index in [1.165, 1.54) is 30.5 Å². The Kier molecular flexibility index (Phi) is 3.87. The molecule has 0 saturated carbocycles. The van der Waals surface area contributed by atoms with Gasteiger partial charge < -0.3 is 24.6 Å². The van der Waals surface area contributed by atoms with Crippen LogP contribution in [0.5, 0.6) is 11.5 Å². The number of carbonyl (C=O) groups excluding carboxylic acids is 1. The number of carbonyl (C=O) groups is 2. The summed E-state index contributed by atoms with van der Waals surface area (Å²) in [5.41, 5.74) is 0.760. The summed E-state index contributed by atoms with van der Waals surface area (Å²) in [5, 5.41) is 19.2. The summed E-state index contributed by atoms with van der Waals surface area (Å²) in [6.45, 7) is -0.466. The number of aliphatic carboxylic acids is 1. The van der Waals surface area contributed by atoms with Crippen molar-refractivity contribution in [2.75, 3.05) is 20.8 Å². The van der Waals surface area contributed by atoms with E-state index in [1.807, 2.05) is 0 Å². The van der Waals surface area contributed by atoms with Crippen molar-refractivity contribution in [2.24, 2.45) is 0 Å². The number of amides is 1. The number of aliphatic hydroxyl groups excluding tert-OH is 1. The summed E-state index contributed by atoms with van der Waals surface area (Å²) in [4.78, 5) is 25.4. The fourth-order valence-corrected chi connectivity index (χ4v) is 3.92. The molecule has 0 unspecified atom stereocenters. The smallest absolute Gasteiger partial charge is 0.328 e. The predicted octanol–water partition coefficient (Wildman–Crippen LogP) is 1.32. The minimum atomic E-state index is -1.24. The Morgan fingerprint density at radius 2 is 2.00 bits per heavy atom. The highest BCUT2D eigenvalue weighted by atomic mass is 32.1. The molecular formula is C15H15NO6S. The minimum absolute atomic E-state index is 0.154. The van der Waals surface area contributed by atoms with Crippen molar-refractivity contribution in [3.63, 3.8) is 0 Å². The molecule has 7 nitrogen and oxygen atoms in total. The Morgan fingerprint density at radius 1 is 1.35 bits per heavy atom. The molecule has 2 N–H and O–H groups in total. The van der Waals surface area contributed by atoms with Crippen LogP contribution in [0.1, 0.15) is 15.2 Å². The number of nitrogens with zero attached hydrogens (tertiary/aromatic N) is 1. The molecule has 2 aromatic rings. The lowest BCUT2D eigenvalue weighted by Gasteiger charge is -2.22. The largest absolute Gasteiger partial charge is 0.493 e. The van der Waals surface area contributed by atoms with Crippen LogP contribution in [-0.2, 0) is 11.3 Å². The molecule has 122 valence electrons. The molecule has 2 heterocycles. The highest BCUT2D eigenvalue weighted by molar-refractivity contribution is 7.21. The van der Waals surface area contributed by atoms with Crippen molar-refractivity contribution in [1.82, 2.24) is 4.90 Å². The number of rotatable bonds is 5. The number of carboxylic acids is 1. The summed E-state index contributed by atoms with van der Waals surface area (Å²) in [6.07, 6.45) is 0. The van der Waals surface area contributed by atoms with Crippen molar-refractivity contribution < 1.29 is 29.3 Å². The van der Waals surface area contributed by atoms with E-state index in [0.29, 0.717) is 16.4 Å². The number of carboxylic acid groups (broad SMARTS) is 1. The van der Waals surface area contributed by atoms with Gasteiger partial charge in [0.2, 0.25) is 0 Å². The number of fused-ring (bicyclic) bond motifs is 3. The quantitative estimate of drug-likeness (QED) is 0.854. The van der Waals surface area contributed by atoms with Crippen molar-refractivity contribution in [3.8, 4) is 11.5 Å². The molecule has 1 aromatic carbocycles. The second-order valence-corrected chi connectivity index (χ2v) is 6.13. The lowest BCUT2D eigenvalue weighted by molar-refractivity contribution is -0.143. The maximum absolute atomic E-state index is 12.5. The maximum atomic E-state index is 12.5. The molecule has 1 atom stereocenters. The molecule has 8 heteroatoms. The summed E-state index contributed by atoms with van der Waals surface area (Å²) in [6, 6.07) is 2.35. The monoisotopic (exact) mass is 337 g/mol. The lowest BCUT2D eigenvalue weighted by atomic mass is 10.1. The van der Waals surface area contributed by atoms with Crippen LogP contribution in [0.4, 0.5) is 0 Å². The van der Waals surface area contributed by atoms with Gasteiger partial charge in [-0.25, -0.2) is 4.79 Å². The molecule has 0 aliphatic carbocycles. The van der Waals surface area contributed by atoms with Gasteiger partial charge in [-0.05, 0) is 6.07 Å². The fourth-order valence-electron chi connectivity index (χ4n) is 2.74. The number of ether oxygens (including phenoxy) is 2. The Hall–Kier alpha value is -2.32. The molecule has 23 heavy (non-hydrogen) atoms. The van der Waals surface area contributed by atoms with Crippen LogP contribution < -0.4 is 9.47 Å². The molecular weight excluding hydrogens is 322 g/mol. The first-order chi connectivity index (χ1) is 11.0. The number of hydrogen-bond donors (Lipinski definition) is 2. The van der Waals surface area contributed by atoms with Crippen LogP contribution in [-0.4, -0.2) is 53.9 Å². The zero-order valence-electron chi connectivity index (χ0n) is 12.5. The first kappa shape index (κ1) is 15.6. The number of thiophene rings is 1. The van der Waals surface area contributed by atoms with Gasteiger partial charge in [-0.1, -0.05) is 0 Å². The van der Waals surface area contributed by atoms with Crippen LogP contribution in [0.3, 0.4) is 0 Å². The van der Waals surface area contributed by atoms with E-state index in [0.717, 1.165) is 15.6 Å². The third kappa shape index (κ3) is 2.30. The van der Waals surface area contributed by atoms with Crippen LogP contribution in [0.25, 0.3) is 10.1 Å². The third-order valence-corrected chi connectivity index (χ3v) is 5.10. The van der Waals surface area contributed by atoms with Crippen molar-refractivity contribution in [2.45, 2.75) is 12.6 Å². The third-order valence-electron chi connectivity index (χ3n) is 3.91. The number of benzene rings is 1. The van der Waals surface area contributed by atoms with Gasteiger partial charge in [0, 0.05) is 28.3 Å². The van der Waals surface area contributed by atoms with E-state index >= 15 is 0 Å². The fraction of sp³-hybridized carbons (Fsp3) is 0.333. The maximum Gasteiger partial charge on any atom is 0.328 e. The Morgan fingerprint density at radius 3 is 2.57 bits per heavy atom. The summed E-state index contributed by atoms with van der Waals surface area (Å²) in [5.74, 6) is -0.480. The van der Waals surface area contributed by atoms with Crippen LogP contribution in [0.15, 0.2) is 12.1 Å². The molecule has 0 spiro atoms. The van der Waals surface area contributed by atoms with Gasteiger partial charge in [-0.3, -0.25) is 4.79 Å². The molecule has 1 aliphatic rings. The van der Waals surface area contributed by atoms with Gasteiger partial charge in [0.25, 0.3) is 5.91 Å². The second kappa shape index (κ2) is 5.71. The van der Waals surface area contributed by atoms with Crippen molar-refractivity contribution >= 4 is 33.3 Å². The molecule has 3 rings (SSSR count). The second-order valence-electron chi connectivity index (χ2n) is 5.08. The number of hydrogen-bond acceptors (Lipinski definition) is 6. The van der Waals surface area contributed by atoms with E-state index < -0.39 is 18.6 Å². The average Bonchev–Trinajstić information content (AvgIpc) is 3.04. The SMILES string of the molecule is COc1cc2sc3c(c2cc1OC)CN([C@H](CO)C(=O)O)C3=O. The molecule has 0 fully saturated rings. The average molecular weight is 337 g/mol. The van der Waals surface area contributed by atoms with Gasteiger partial charge in [0.1, 0.15) is 0 Å². The molecule has 0 radical (unpaired) electrons. The van der Waals surface area contributed by atoms with Crippen LogP contribution in [0.2, 0.25) is 0 Å². The number of aliphatic hydroxyl groups is 1. The summed E-state index contributed by atoms with van der Waals surface area (Å²) < 4.78 is 11.4. The predicted molar refractivity (Wildman–Crippen MR) is 83.3 cm³/mol. The minimum Gasteiger partial charge on any atom is -0.493 e. The zero-order chi connectivity index (χ0) is 16.7. The standard InChI is InChI=1S/C15H15NO6S/c1-21-10-3-7-8-5-16(9(6-17)15(19)20)14(18)13(8)23-12(7)4-11(10)22-2/h3-4,9,17H,5-6H2,1-2H3,(H,19,20)/t9-/m1/s1. The molecule has 1 aromatic heterocycles. The molecule has 1 amide bonds. The molecule has 0 saturated heterocycles. The van der Waals surface area contributed by atoms with E-state index in [9.17, 15) is 14.7 Å². The van der Waals surface area contributed by atoms with E-state index in [1.54, 1.807) is 12.1 Å². The van der Waals surface area contributed by atoms with Crippen LogP contribution >= 0.6 is 11.3 Å². The molecule has 1 aliphatic heterocycles. The highest BCUT2D eigenvalue weighted by Gasteiger charge is 2.38. The van der Waals surface area contributed by atoms with Gasteiger partial charge in [-0.2, -0.15) is 0 Å². The Balaban J connectivity index is 2.08. The topological polar surface area (TPSA) is 96.3 Å². The first-order valence-corrected chi connectivity index (χ1v) is 7.65. The normalized spacial score (nSPS) is 14.9. The van der Waals surface area contributed by atoms with Gasteiger partial charge in [0.15, 0.2) is 17.5 Å². The summed E-state index contributed by atoms with van der Waals surface area (Å²) >= 11 is 1.29. The van der Waals surface area contributed by atoms with Gasteiger partial charge in [0.05, 0.1) is 25.7 Å². The first-order valence-electron chi connectivity index (χ1n) is 6.83.